The van der Waals surface area contributed by atoms with Crippen molar-refractivity contribution in [2.45, 2.75) is 18.9 Å². The smallest absolute Gasteiger partial charge is 0.314 e. The molecule has 8 heteroatoms. The molecule has 4 rings (SSSR count). The van der Waals surface area contributed by atoms with Crippen LogP contribution in [0.25, 0.3) is 0 Å². The van der Waals surface area contributed by atoms with Gasteiger partial charge in [-0.3, -0.25) is 9.59 Å². The van der Waals surface area contributed by atoms with Crippen LogP contribution in [-0.4, -0.2) is 53.0 Å². The number of aliphatic hydroxyl groups excluding tert-OH is 1. The second kappa shape index (κ2) is 7.36. The van der Waals surface area contributed by atoms with E-state index in [4.69, 9.17) is 9.47 Å². The van der Waals surface area contributed by atoms with Crippen LogP contribution in [0.15, 0.2) is 42.5 Å². The third kappa shape index (κ3) is 3.51. The number of likely N-dealkylation sites (tertiary alicyclic amines) is 1. The molecule has 1 amide bonds. The number of ether oxygens (including phenoxy) is 2. The average Bonchev–Trinajstić information content (AvgIpc) is 3.18. The first-order valence-corrected chi connectivity index (χ1v) is 9.24. The van der Waals surface area contributed by atoms with Gasteiger partial charge in [-0.25, -0.2) is 4.39 Å². The molecule has 1 saturated heterocycles. The maximum atomic E-state index is 13.2. The van der Waals surface area contributed by atoms with Crippen molar-refractivity contribution in [1.82, 2.24) is 4.90 Å². The molecule has 29 heavy (non-hydrogen) atoms. The first kappa shape index (κ1) is 19.2. The summed E-state index contributed by atoms with van der Waals surface area (Å²) < 4.78 is 23.8. The number of fused-ring (bicyclic) bond motifs is 1. The highest BCUT2D eigenvalue weighted by Gasteiger charge is 2.50. The number of benzene rings is 2. The van der Waals surface area contributed by atoms with Gasteiger partial charge in [0.15, 0.2) is 11.5 Å². The number of carboxylic acid groups (broad SMARTS) is 1. The predicted molar refractivity (Wildman–Crippen MR) is 99.3 cm³/mol. The molecule has 0 unspecified atom stereocenters. The molecule has 2 aliphatic rings. The number of nitrogens with zero attached hydrogens (tertiary/aromatic N) is 1. The van der Waals surface area contributed by atoms with Crippen LogP contribution in [0, 0.1) is 11.2 Å². The summed E-state index contributed by atoms with van der Waals surface area (Å²) in [7, 11) is 0. The number of hydrogen-bond donors (Lipinski definition) is 2. The number of halogens is 1. The van der Waals surface area contributed by atoms with Gasteiger partial charge >= 0.3 is 5.97 Å². The topological polar surface area (TPSA) is 96.3 Å². The Morgan fingerprint density at radius 3 is 2.59 bits per heavy atom. The molecule has 0 aliphatic carbocycles. The summed E-state index contributed by atoms with van der Waals surface area (Å²) in [5.41, 5.74) is -0.654. The number of piperidine rings is 1. The minimum atomic E-state index is -1.58. The molecule has 2 aliphatic heterocycles. The van der Waals surface area contributed by atoms with Crippen LogP contribution < -0.4 is 9.47 Å². The van der Waals surface area contributed by atoms with E-state index in [0.717, 1.165) is 0 Å². The van der Waals surface area contributed by atoms with Gasteiger partial charge in [0.05, 0.1) is 6.10 Å². The van der Waals surface area contributed by atoms with E-state index in [2.05, 4.69) is 0 Å². The number of aliphatic hydroxyl groups is 1. The summed E-state index contributed by atoms with van der Waals surface area (Å²) in [6, 6.07) is 10.3. The molecule has 7 nitrogen and oxygen atoms in total. The lowest BCUT2D eigenvalue weighted by atomic mass is 9.72. The number of aliphatic carboxylic acids is 1. The van der Waals surface area contributed by atoms with Gasteiger partial charge in [0.2, 0.25) is 6.79 Å². The lowest BCUT2D eigenvalue weighted by Gasteiger charge is -2.43. The molecule has 2 heterocycles. The maximum absolute atomic E-state index is 13.2. The molecule has 2 aromatic carbocycles. The van der Waals surface area contributed by atoms with Crippen LogP contribution in [0.1, 0.15) is 22.3 Å². The Kier molecular flexibility index (Phi) is 4.87. The molecule has 1 fully saturated rings. The zero-order valence-corrected chi connectivity index (χ0v) is 15.5. The highest BCUT2D eigenvalue weighted by molar-refractivity contribution is 5.95. The van der Waals surface area contributed by atoms with Gasteiger partial charge in [-0.1, -0.05) is 12.1 Å². The Balaban J connectivity index is 1.60. The molecule has 0 saturated carbocycles. The largest absolute Gasteiger partial charge is 0.481 e. The summed E-state index contributed by atoms with van der Waals surface area (Å²) >= 11 is 0. The molecular formula is C21H20FNO6. The maximum Gasteiger partial charge on any atom is 0.314 e. The summed E-state index contributed by atoms with van der Waals surface area (Å²) in [5, 5.41) is 20.5. The van der Waals surface area contributed by atoms with E-state index < -0.39 is 23.3 Å². The van der Waals surface area contributed by atoms with Crippen LogP contribution >= 0.6 is 0 Å². The van der Waals surface area contributed by atoms with Gasteiger partial charge in [-0.15, -0.1) is 0 Å². The highest BCUT2D eigenvalue weighted by atomic mass is 19.1. The van der Waals surface area contributed by atoms with E-state index in [-0.39, 0.29) is 38.6 Å². The van der Waals surface area contributed by atoms with Crippen molar-refractivity contribution in [2.24, 2.45) is 5.41 Å². The Morgan fingerprint density at radius 2 is 1.86 bits per heavy atom. The summed E-state index contributed by atoms with van der Waals surface area (Å²) in [4.78, 5) is 26.7. The fourth-order valence-corrected chi connectivity index (χ4v) is 3.89. The average molecular weight is 401 g/mol. The summed E-state index contributed by atoms with van der Waals surface area (Å²) in [5.74, 6) is -0.963. The fraction of sp³-hybridized carbons (Fsp3) is 0.333. The standard InChI is InChI=1S/C21H20FNO6/c22-15-4-1-13(2-5-15)10-21(20(26)27)11-23(8-7-18(21)24)19(25)14-3-6-16-17(9-14)29-12-28-16/h1-6,9,18,24H,7-8,10-12H2,(H,26,27)/t18-,21+/m0/s1. The van der Waals surface area contributed by atoms with Crippen LogP contribution in [0.5, 0.6) is 11.5 Å². The Bertz CT molecular complexity index is 947. The Labute approximate surface area is 166 Å². The van der Waals surface area contributed by atoms with Crippen LogP contribution in [0.2, 0.25) is 0 Å². The summed E-state index contributed by atoms with van der Waals surface area (Å²) in [6.45, 7) is 0.156. The van der Waals surface area contributed by atoms with Crippen molar-refractivity contribution in [3.05, 3.63) is 59.4 Å². The number of carboxylic acids is 1. The number of amides is 1. The van der Waals surface area contributed by atoms with E-state index >= 15 is 0 Å². The molecule has 2 N–H and O–H groups in total. The van der Waals surface area contributed by atoms with Gasteiger partial charge in [-0.05, 0) is 48.7 Å². The number of rotatable bonds is 4. The quantitative estimate of drug-likeness (QED) is 0.814. The summed E-state index contributed by atoms with van der Waals surface area (Å²) in [6.07, 6.45) is -1.02. The van der Waals surface area contributed by atoms with E-state index in [0.29, 0.717) is 22.6 Å². The molecule has 0 bridgehead atoms. The second-order valence-electron chi connectivity index (χ2n) is 7.36. The Morgan fingerprint density at radius 1 is 1.14 bits per heavy atom. The number of hydrogen-bond acceptors (Lipinski definition) is 5. The fourth-order valence-electron chi connectivity index (χ4n) is 3.89. The molecule has 2 atom stereocenters. The van der Waals surface area contributed by atoms with Crippen LogP contribution in [0.3, 0.4) is 0 Å². The molecule has 2 aromatic rings. The minimum absolute atomic E-state index is 0.0191. The normalized spacial score (nSPS) is 23.1. The van der Waals surface area contributed by atoms with Gasteiger partial charge < -0.3 is 24.6 Å². The first-order valence-electron chi connectivity index (χ1n) is 9.24. The first-order chi connectivity index (χ1) is 13.9. The van der Waals surface area contributed by atoms with Crippen molar-refractivity contribution in [1.29, 1.82) is 0 Å². The third-order valence-corrected chi connectivity index (χ3v) is 5.55. The zero-order chi connectivity index (χ0) is 20.6. The van der Waals surface area contributed by atoms with Gasteiger partial charge in [0, 0.05) is 18.7 Å². The van der Waals surface area contributed by atoms with E-state index in [9.17, 15) is 24.2 Å². The molecule has 0 radical (unpaired) electrons. The van der Waals surface area contributed by atoms with Gasteiger partial charge in [0.1, 0.15) is 11.2 Å². The van der Waals surface area contributed by atoms with Crippen LogP contribution in [0.4, 0.5) is 4.39 Å². The van der Waals surface area contributed by atoms with Crippen molar-refractivity contribution in [2.75, 3.05) is 19.9 Å². The van der Waals surface area contributed by atoms with Crippen LogP contribution in [-0.2, 0) is 11.2 Å². The lowest BCUT2D eigenvalue weighted by Crippen LogP contribution is -2.58. The molecule has 152 valence electrons. The van der Waals surface area contributed by atoms with E-state index in [1.165, 1.54) is 29.2 Å². The molecule has 0 aromatic heterocycles. The van der Waals surface area contributed by atoms with Crippen molar-refractivity contribution >= 4 is 11.9 Å². The van der Waals surface area contributed by atoms with Crippen molar-refractivity contribution in [3.63, 3.8) is 0 Å². The molecule has 0 spiro atoms. The number of carbonyl (C=O) groups excluding carboxylic acids is 1. The minimum Gasteiger partial charge on any atom is -0.481 e. The lowest BCUT2D eigenvalue weighted by molar-refractivity contribution is -0.161. The Hall–Kier alpha value is -3.13. The SMILES string of the molecule is O=C(c1ccc2c(c1)OCO2)N1CC[C@H](O)[C@](Cc2ccc(F)cc2)(C(=O)O)C1. The third-order valence-electron chi connectivity index (χ3n) is 5.55. The van der Waals surface area contributed by atoms with Gasteiger partial charge in [-0.2, -0.15) is 0 Å². The molecular weight excluding hydrogens is 381 g/mol. The monoisotopic (exact) mass is 401 g/mol. The second-order valence-corrected chi connectivity index (χ2v) is 7.36. The number of carbonyl (C=O) groups is 2. The van der Waals surface area contributed by atoms with Gasteiger partial charge in [0.25, 0.3) is 5.91 Å². The van der Waals surface area contributed by atoms with Crippen molar-refractivity contribution < 1.29 is 33.7 Å². The predicted octanol–water partition coefficient (Wildman–Crippen LogP) is 2.07. The van der Waals surface area contributed by atoms with Crippen molar-refractivity contribution in [3.8, 4) is 11.5 Å². The van der Waals surface area contributed by atoms with E-state index in [1.807, 2.05) is 0 Å². The van der Waals surface area contributed by atoms with E-state index in [1.54, 1.807) is 18.2 Å². The zero-order valence-electron chi connectivity index (χ0n) is 15.5. The highest BCUT2D eigenvalue weighted by Crippen LogP contribution is 2.37.